The summed E-state index contributed by atoms with van der Waals surface area (Å²) in [6.45, 7) is 5.14. The van der Waals surface area contributed by atoms with Crippen molar-refractivity contribution in [1.82, 2.24) is 4.90 Å². The van der Waals surface area contributed by atoms with Gasteiger partial charge in [-0.25, -0.2) is 0 Å². The zero-order valence-corrected chi connectivity index (χ0v) is 11.0. The molecule has 17 heavy (non-hydrogen) atoms. The van der Waals surface area contributed by atoms with Crippen molar-refractivity contribution in [3.63, 3.8) is 0 Å². The molecule has 0 aromatic carbocycles. The fourth-order valence-corrected chi connectivity index (χ4v) is 2.03. The normalized spacial score (nSPS) is 15.3. The van der Waals surface area contributed by atoms with Gasteiger partial charge in [-0.2, -0.15) is 0 Å². The van der Waals surface area contributed by atoms with Crippen LogP contribution in [0.1, 0.15) is 43.5 Å². The van der Waals surface area contributed by atoms with Crippen molar-refractivity contribution in [2.75, 3.05) is 6.54 Å². The molecule has 1 fully saturated rings. The first-order valence-corrected chi connectivity index (χ1v) is 6.51. The highest BCUT2D eigenvalue weighted by Gasteiger charge is 2.34. The molecule has 0 bridgehead atoms. The van der Waals surface area contributed by atoms with E-state index in [-0.39, 0.29) is 11.1 Å². The van der Waals surface area contributed by atoms with E-state index in [1.807, 2.05) is 4.90 Å². The molecule has 0 radical (unpaired) electrons. The average Bonchev–Trinajstić information content (AvgIpc) is 3.00. The molecule has 3 nitrogen and oxygen atoms in total. The number of amides is 1. The number of furan rings is 1. The van der Waals surface area contributed by atoms with Crippen LogP contribution in [0.5, 0.6) is 0 Å². The average molecular weight is 256 g/mol. The van der Waals surface area contributed by atoms with Crippen LogP contribution in [0.2, 0.25) is 5.22 Å². The summed E-state index contributed by atoms with van der Waals surface area (Å²) in [6.07, 6.45) is 4.71. The van der Waals surface area contributed by atoms with E-state index in [1.165, 1.54) is 6.26 Å². The molecule has 1 amide bonds. The predicted octanol–water partition coefficient (Wildman–Crippen LogP) is 3.58. The molecule has 0 N–H and O–H groups in total. The number of hydrogen-bond acceptors (Lipinski definition) is 2. The lowest BCUT2D eigenvalue weighted by Gasteiger charge is -2.22. The second kappa shape index (κ2) is 5.13. The van der Waals surface area contributed by atoms with Crippen LogP contribution in [0.25, 0.3) is 0 Å². The summed E-state index contributed by atoms with van der Waals surface area (Å²) in [6, 6.07) is 2.06. The standard InChI is InChI=1S/C13H18ClNO2/c1-9(2)5-7-15(10-3-4-10)13(16)11-6-8-17-12(11)14/h6,8-10H,3-5,7H2,1-2H3. The van der Waals surface area contributed by atoms with Crippen LogP contribution in [-0.4, -0.2) is 23.4 Å². The van der Waals surface area contributed by atoms with Crippen LogP contribution in [0.15, 0.2) is 16.7 Å². The molecule has 1 aliphatic rings. The van der Waals surface area contributed by atoms with Gasteiger partial charge in [-0.05, 0) is 42.8 Å². The van der Waals surface area contributed by atoms with E-state index in [2.05, 4.69) is 13.8 Å². The first-order chi connectivity index (χ1) is 8.09. The molecule has 0 aliphatic heterocycles. The van der Waals surface area contributed by atoms with E-state index in [4.69, 9.17) is 16.0 Å². The second-order valence-electron chi connectivity index (χ2n) is 5.02. The summed E-state index contributed by atoms with van der Waals surface area (Å²) in [7, 11) is 0. The molecule has 1 saturated carbocycles. The van der Waals surface area contributed by atoms with Crippen molar-refractivity contribution in [1.29, 1.82) is 0 Å². The zero-order chi connectivity index (χ0) is 12.4. The molecule has 1 aromatic heterocycles. The van der Waals surface area contributed by atoms with Crippen LogP contribution < -0.4 is 0 Å². The van der Waals surface area contributed by atoms with Gasteiger partial charge >= 0.3 is 0 Å². The van der Waals surface area contributed by atoms with Gasteiger partial charge in [0.25, 0.3) is 5.91 Å². The van der Waals surface area contributed by atoms with Crippen molar-refractivity contribution in [2.45, 2.75) is 39.2 Å². The lowest BCUT2D eigenvalue weighted by Crippen LogP contribution is -2.34. The van der Waals surface area contributed by atoms with Crippen LogP contribution in [0, 0.1) is 5.92 Å². The van der Waals surface area contributed by atoms with Gasteiger partial charge in [-0.1, -0.05) is 13.8 Å². The number of nitrogens with zero attached hydrogens (tertiary/aromatic N) is 1. The summed E-state index contributed by atoms with van der Waals surface area (Å²) >= 11 is 5.85. The van der Waals surface area contributed by atoms with Crippen molar-refractivity contribution >= 4 is 17.5 Å². The SMILES string of the molecule is CC(C)CCN(C(=O)c1ccoc1Cl)C1CC1. The molecular weight excluding hydrogens is 238 g/mol. The Kier molecular flexibility index (Phi) is 3.77. The number of hydrogen-bond donors (Lipinski definition) is 0. The highest BCUT2D eigenvalue weighted by molar-refractivity contribution is 6.32. The van der Waals surface area contributed by atoms with Crippen molar-refractivity contribution in [3.8, 4) is 0 Å². The van der Waals surface area contributed by atoms with Gasteiger partial charge in [0.05, 0.1) is 11.8 Å². The monoisotopic (exact) mass is 255 g/mol. The quantitative estimate of drug-likeness (QED) is 0.806. The molecule has 94 valence electrons. The van der Waals surface area contributed by atoms with Gasteiger partial charge < -0.3 is 9.32 Å². The summed E-state index contributed by atoms with van der Waals surface area (Å²) in [5.41, 5.74) is 0.488. The molecule has 0 unspecified atom stereocenters. The van der Waals surface area contributed by atoms with Gasteiger partial charge in [-0.15, -0.1) is 0 Å². The summed E-state index contributed by atoms with van der Waals surface area (Å²) < 4.78 is 4.98. The van der Waals surface area contributed by atoms with Crippen LogP contribution in [0.3, 0.4) is 0 Å². The lowest BCUT2D eigenvalue weighted by molar-refractivity contribution is 0.0735. The number of rotatable bonds is 5. The molecule has 0 saturated heterocycles. The molecule has 4 heteroatoms. The minimum absolute atomic E-state index is 0.00639. The molecule has 1 aliphatic carbocycles. The third kappa shape index (κ3) is 3.03. The van der Waals surface area contributed by atoms with E-state index < -0.39 is 0 Å². The Balaban J connectivity index is 2.05. The first kappa shape index (κ1) is 12.5. The molecule has 1 aromatic rings. The topological polar surface area (TPSA) is 33.5 Å². The van der Waals surface area contributed by atoms with Gasteiger partial charge in [-0.3, -0.25) is 4.79 Å². The van der Waals surface area contributed by atoms with Crippen molar-refractivity contribution in [3.05, 3.63) is 23.1 Å². The van der Waals surface area contributed by atoms with Gasteiger partial charge in [0.15, 0.2) is 0 Å². The first-order valence-electron chi connectivity index (χ1n) is 6.13. The number of carbonyl (C=O) groups is 1. The number of halogens is 1. The summed E-state index contributed by atoms with van der Waals surface area (Å²) in [5, 5.41) is 0.199. The maximum absolute atomic E-state index is 12.3. The molecular formula is C13H18ClNO2. The fourth-order valence-electron chi connectivity index (χ4n) is 1.83. The Morgan fingerprint density at radius 1 is 1.59 bits per heavy atom. The van der Waals surface area contributed by atoms with E-state index in [9.17, 15) is 4.79 Å². The molecule has 0 spiro atoms. The van der Waals surface area contributed by atoms with Crippen molar-refractivity contribution in [2.24, 2.45) is 5.92 Å². The number of carbonyl (C=O) groups excluding carboxylic acids is 1. The van der Waals surface area contributed by atoms with Gasteiger partial charge in [0.2, 0.25) is 5.22 Å². The highest BCUT2D eigenvalue weighted by Crippen LogP contribution is 2.30. The second-order valence-corrected chi connectivity index (χ2v) is 5.36. The maximum atomic E-state index is 12.3. The Morgan fingerprint density at radius 2 is 2.29 bits per heavy atom. The third-order valence-corrected chi connectivity index (χ3v) is 3.34. The minimum Gasteiger partial charge on any atom is -0.452 e. The Morgan fingerprint density at radius 3 is 2.76 bits per heavy atom. The van der Waals surface area contributed by atoms with E-state index in [1.54, 1.807) is 6.07 Å². The predicted molar refractivity (Wildman–Crippen MR) is 67.2 cm³/mol. The fraction of sp³-hybridized carbons (Fsp3) is 0.615. The molecule has 2 rings (SSSR count). The summed E-state index contributed by atoms with van der Waals surface area (Å²) in [4.78, 5) is 14.2. The van der Waals surface area contributed by atoms with Gasteiger partial charge in [0.1, 0.15) is 0 Å². The smallest absolute Gasteiger partial charge is 0.258 e. The Bertz CT molecular complexity index is 396. The van der Waals surface area contributed by atoms with E-state index in [0.717, 1.165) is 25.8 Å². The van der Waals surface area contributed by atoms with Gasteiger partial charge in [0, 0.05) is 12.6 Å². The highest BCUT2D eigenvalue weighted by atomic mass is 35.5. The van der Waals surface area contributed by atoms with E-state index in [0.29, 0.717) is 17.5 Å². The largest absolute Gasteiger partial charge is 0.452 e. The molecule has 0 atom stereocenters. The zero-order valence-electron chi connectivity index (χ0n) is 10.3. The third-order valence-electron chi connectivity index (χ3n) is 3.04. The van der Waals surface area contributed by atoms with Crippen LogP contribution >= 0.6 is 11.6 Å². The van der Waals surface area contributed by atoms with Crippen molar-refractivity contribution < 1.29 is 9.21 Å². The maximum Gasteiger partial charge on any atom is 0.258 e. The van der Waals surface area contributed by atoms with E-state index >= 15 is 0 Å². The van der Waals surface area contributed by atoms with Crippen LogP contribution in [0.4, 0.5) is 0 Å². The Hall–Kier alpha value is -0.960. The summed E-state index contributed by atoms with van der Waals surface area (Å²) in [5.74, 6) is 0.607. The van der Waals surface area contributed by atoms with Crippen LogP contribution in [-0.2, 0) is 0 Å². The Labute approximate surface area is 107 Å². The lowest BCUT2D eigenvalue weighted by atomic mass is 10.1. The minimum atomic E-state index is 0.00639. The molecule has 1 heterocycles.